The molecule has 1 aliphatic rings. The van der Waals surface area contributed by atoms with Crippen LogP contribution < -0.4 is 11.5 Å². The number of nitrogens with zero attached hydrogens (tertiary/aromatic N) is 4. The zero-order chi connectivity index (χ0) is 22.4. The molecule has 1 fully saturated rings. The van der Waals surface area contributed by atoms with E-state index in [2.05, 4.69) is 15.0 Å². The predicted octanol–water partition coefficient (Wildman–Crippen LogP) is -1.89. The minimum atomic E-state index is -4.93. The van der Waals surface area contributed by atoms with Crippen molar-refractivity contribution in [1.82, 2.24) is 19.5 Å². The number of rotatable bonds is 12. The number of phosphoric acid groups is 1. The molecule has 1 aliphatic heterocycles. The first-order chi connectivity index (χ1) is 14.9. The molecule has 1 unspecified atom stereocenters. The molecule has 0 aromatic carbocycles. The molecule has 0 radical (unpaired) electrons. The van der Waals surface area contributed by atoms with Gasteiger partial charge in [0.05, 0.1) is 32.8 Å². The Labute approximate surface area is 176 Å². The standard InChI is InChI=1S/C15H25N6O9P/c16-1-2-26-3-4-27-8-28-12-11(30-31(23,24)25)9(5-22)29-15(12)21-7-20-10-13(17)18-6-19-14(10)21/h6-7,9,11-12,15,22H,1-5,8,16H2,(H2,17,18,19)(H2,23,24,25)/t9-,11?,12+,15-/m1/s1. The Morgan fingerprint density at radius 1 is 1.16 bits per heavy atom. The Balaban J connectivity index is 1.79. The predicted molar refractivity (Wildman–Crippen MR) is 103 cm³/mol. The molecule has 0 aliphatic carbocycles. The SMILES string of the molecule is NCCOCCOCO[C@H]1C(OP(=O)(O)O)[C@@H](CO)O[C@H]1n1cnc2c(N)ncnc21. The van der Waals surface area contributed by atoms with Crippen molar-refractivity contribution in [3.05, 3.63) is 12.7 Å². The smallest absolute Gasteiger partial charge is 0.394 e. The lowest BCUT2D eigenvalue weighted by atomic mass is 10.1. The van der Waals surface area contributed by atoms with Gasteiger partial charge in [0.25, 0.3) is 0 Å². The minimum absolute atomic E-state index is 0.141. The van der Waals surface area contributed by atoms with Gasteiger partial charge in [0.15, 0.2) is 17.7 Å². The van der Waals surface area contributed by atoms with Gasteiger partial charge in [-0.25, -0.2) is 19.5 Å². The van der Waals surface area contributed by atoms with Crippen LogP contribution in [0.3, 0.4) is 0 Å². The van der Waals surface area contributed by atoms with Crippen LogP contribution >= 0.6 is 7.82 Å². The average molecular weight is 464 g/mol. The van der Waals surface area contributed by atoms with Gasteiger partial charge in [-0.05, 0) is 0 Å². The molecule has 0 bridgehead atoms. The molecule has 174 valence electrons. The maximum Gasteiger partial charge on any atom is 0.470 e. The molecule has 31 heavy (non-hydrogen) atoms. The number of nitrogen functional groups attached to an aromatic ring is 1. The van der Waals surface area contributed by atoms with Gasteiger partial charge in [0, 0.05) is 6.54 Å². The first-order valence-electron chi connectivity index (χ1n) is 9.26. The van der Waals surface area contributed by atoms with Crippen molar-refractivity contribution in [2.24, 2.45) is 5.73 Å². The summed E-state index contributed by atoms with van der Waals surface area (Å²) in [6, 6.07) is 0. The Morgan fingerprint density at radius 3 is 2.65 bits per heavy atom. The largest absolute Gasteiger partial charge is 0.470 e. The number of aliphatic hydroxyl groups is 1. The quantitative estimate of drug-likeness (QED) is 0.132. The summed E-state index contributed by atoms with van der Waals surface area (Å²) >= 11 is 0. The Morgan fingerprint density at radius 2 is 1.94 bits per heavy atom. The van der Waals surface area contributed by atoms with Gasteiger partial charge in [-0.2, -0.15) is 0 Å². The molecule has 16 heteroatoms. The third-order valence-electron chi connectivity index (χ3n) is 4.36. The minimum Gasteiger partial charge on any atom is -0.394 e. The number of phosphoric ester groups is 1. The number of aliphatic hydroxyl groups excluding tert-OH is 1. The molecule has 0 spiro atoms. The third-order valence-corrected chi connectivity index (χ3v) is 4.88. The van der Waals surface area contributed by atoms with E-state index in [0.717, 1.165) is 0 Å². The number of aromatic nitrogens is 4. The van der Waals surface area contributed by atoms with E-state index in [-0.39, 0.29) is 25.8 Å². The van der Waals surface area contributed by atoms with Gasteiger partial charge in [0.1, 0.15) is 36.9 Å². The van der Waals surface area contributed by atoms with Crippen LogP contribution in [0.2, 0.25) is 0 Å². The first kappa shape index (κ1) is 23.9. The van der Waals surface area contributed by atoms with Crippen LogP contribution in [0.1, 0.15) is 6.23 Å². The van der Waals surface area contributed by atoms with Crippen LogP contribution in [-0.2, 0) is 28.0 Å². The van der Waals surface area contributed by atoms with Crippen LogP contribution in [0.25, 0.3) is 11.2 Å². The van der Waals surface area contributed by atoms with Gasteiger partial charge in [-0.3, -0.25) is 9.09 Å². The van der Waals surface area contributed by atoms with E-state index in [1.54, 1.807) is 0 Å². The van der Waals surface area contributed by atoms with E-state index in [9.17, 15) is 19.5 Å². The lowest BCUT2D eigenvalue weighted by Gasteiger charge is -2.24. The maximum absolute atomic E-state index is 11.5. The number of nitrogens with two attached hydrogens (primary N) is 2. The maximum atomic E-state index is 11.5. The average Bonchev–Trinajstić information content (AvgIpc) is 3.28. The molecule has 0 saturated carbocycles. The summed E-state index contributed by atoms with van der Waals surface area (Å²) in [5.74, 6) is 0.141. The van der Waals surface area contributed by atoms with Crippen molar-refractivity contribution in [3.63, 3.8) is 0 Å². The number of hydrogen-bond acceptors (Lipinski definition) is 12. The molecule has 4 atom stereocenters. The molecule has 0 amide bonds. The fourth-order valence-electron chi connectivity index (χ4n) is 3.09. The normalized spacial score (nSPS) is 24.3. The summed E-state index contributed by atoms with van der Waals surface area (Å²) in [5, 5.41) is 9.67. The molecular formula is C15H25N6O9P. The second-order valence-electron chi connectivity index (χ2n) is 6.45. The summed E-state index contributed by atoms with van der Waals surface area (Å²) < 4.78 is 39.8. The van der Waals surface area contributed by atoms with Gasteiger partial charge >= 0.3 is 7.82 Å². The fraction of sp³-hybridized carbons (Fsp3) is 0.667. The summed E-state index contributed by atoms with van der Waals surface area (Å²) in [5.41, 5.74) is 11.7. The number of anilines is 1. The molecule has 1 saturated heterocycles. The van der Waals surface area contributed by atoms with Crippen molar-refractivity contribution in [2.45, 2.75) is 24.5 Å². The number of imidazole rings is 1. The molecule has 7 N–H and O–H groups in total. The number of ether oxygens (including phenoxy) is 4. The lowest BCUT2D eigenvalue weighted by molar-refractivity contribution is -0.142. The van der Waals surface area contributed by atoms with E-state index in [1.807, 2.05) is 0 Å². The summed E-state index contributed by atoms with van der Waals surface area (Å²) in [4.78, 5) is 30.8. The molecule has 3 heterocycles. The Hall–Kier alpha value is -1.78. The van der Waals surface area contributed by atoms with Crippen LogP contribution in [0, 0.1) is 0 Å². The zero-order valence-electron chi connectivity index (χ0n) is 16.4. The highest BCUT2D eigenvalue weighted by atomic mass is 31.2. The molecule has 2 aromatic rings. The Kier molecular flexibility index (Phi) is 8.23. The number of hydrogen-bond donors (Lipinski definition) is 5. The van der Waals surface area contributed by atoms with Crippen LogP contribution in [0.15, 0.2) is 12.7 Å². The van der Waals surface area contributed by atoms with Crippen molar-refractivity contribution >= 4 is 24.8 Å². The highest BCUT2D eigenvalue weighted by Crippen LogP contribution is 2.45. The fourth-order valence-corrected chi connectivity index (χ4v) is 3.66. The molecular weight excluding hydrogens is 439 g/mol. The summed E-state index contributed by atoms with van der Waals surface area (Å²) in [7, 11) is -4.93. The van der Waals surface area contributed by atoms with Gasteiger partial charge < -0.3 is 45.3 Å². The Bertz CT molecular complexity index is 895. The molecule has 3 rings (SSSR count). The number of fused-ring (bicyclic) bond motifs is 1. The van der Waals surface area contributed by atoms with E-state index in [0.29, 0.717) is 24.3 Å². The highest BCUT2D eigenvalue weighted by Gasteiger charge is 2.50. The van der Waals surface area contributed by atoms with Gasteiger partial charge in [0.2, 0.25) is 0 Å². The van der Waals surface area contributed by atoms with Crippen molar-refractivity contribution in [1.29, 1.82) is 0 Å². The van der Waals surface area contributed by atoms with Gasteiger partial charge in [-0.1, -0.05) is 0 Å². The van der Waals surface area contributed by atoms with Crippen molar-refractivity contribution in [3.8, 4) is 0 Å². The summed E-state index contributed by atoms with van der Waals surface area (Å²) in [6.07, 6.45) is -1.92. The third kappa shape index (κ3) is 5.93. The lowest BCUT2D eigenvalue weighted by Crippen LogP contribution is -2.38. The zero-order valence-corrected chi connectivity index (χ0v) is 17.3. The van der Waals surface area contributed by atoms with E-state index < -0.39 is 39.0 Å². The van der Waals surface area contributed by atoms with Crippen LogP contribution in [0.4, 0.5) is 5.82 Å². The van der Waals surface area contributed by atoms with Crippen LogP contribution in [-0.4, -0.2) is 92.5 Å². The monoisotopic (exact) mass is 464 g/mol. The molecule has 2 aromatic heterocycles. The second-order valence-corrected chi connectivity index (χ2v) is 7.64. The first-order valence-corrected chi connectivity index (χ1v) is 10.8. The second kappa shape index (κ2) is 10.7. The summed E-state index contributed by atoms with van der Waals surface area (Å²) in [6.45, 7) is 0.406. The van der Waals surface area contributed by atoms with Crippen LogP contribution in [0.5, 0.6) is 0 Å². The van der Waals surface area contributed by atoms with Crippen molar-refractivity contribution in [2.75, 3.05) is 45.5 Å². The topological polar surface area (TPSA) is 220 Å². The molecule has 15 nitrogen and oxygen atoms in total. The highest BCUT2D eigenvalue weighted by molar-refractivity contribution is 7.46. The van der Waals surface area contributed by atoms with Gasteiger partial charge in [-0.15, -0.1) is 0 Å². The van der Waals surface area contributed by atoms with E-state index in [1.165, 1.54) is 17.2 Å². The van der Waals surface area contributed by atoms with E-state index in [4.69, 9.17) is 34.9 Å². The van der Waals surface area contributed by atoms with E-state index >= 15 is 0 Å². The van der Waals surface area contributed by atoms with Crippen molar-refractivity contribution < 1.29 is 42.9 Å².